The highest BCUT2D eigenvalue weighted by Gasteiger charge is 2.35. The fraction of sp³-hybridized carbons (Fsp3) is 0.533. The molecule has 1 N–H and O–H groups in total. The van der Waals surface area contributed by atoms with E-state index in [0.717, 1.165) is 22.6 Å². The molecule has 100 valence electrons. The lowest BCUT2D eigenvalue weighted by Crippen LogP contribution is -2.23. The number of hydrogen-bond donors (Lipinski definition) is 1. The van der Waals surface area contributed by atoms with Crippen LogP contribution in [0.25, 0.3) is 11.0 Å². The van der Waals surface area contributed by atoms with Crippen molar-refractivity contribution in [1.82, 2.24) is 14.9 Å². The minimum atomic E-state index is 0.507. The predicted molar refractivity (Wildman–Crippen MR) is 77.8 cm³/mol. The zero-order valence-corrected chi connectivity index (χ0v) is 11.8. The van der Waals surface area contributed by atoms with E-state index in [4.69, 9.17) is 16.6 Å². The van der Waals surface area contributed by atoms with E-state index < -0.39 is 0 Å². The highest BCUT2D eigenvalue weighted by Crippen LogP contribution is 2.43. The predicted octanol–water partition coefficient (Wildman–Crippen LogP) is 3.49. The first-order valence-corrected chi connectivity index (χ1v) is 7.53. The maximum absolute atomic E-state index is 6.41. The third kappa shape index (κ3) is 1.79. The Bertz CT molecular complexity index is 630. The molecule has 1 saturated carbocycles. The molecular weight excluding hydrogens is 258 g/mol. The molecule has 1 aliphatic heterocycles. The number of benzene rings is 1. The summed E-state index contributed by atoms with van der Waals surface area (Å²) in [7, 11) is 0. The summed E-state index contributed by atoms with van der Waals surface area (Å²) in [5.41, 5.74) is 2.19. The summed E-state index contributed by atoms with van der Waals surface area (Å²) in [4.78, 5) is 4.91. The molecule has 3 nitrogen and oxygen atoms in total. The molecule has 0 amide bonds. The molecule has 2 fully saturated rings. The normalized spacial score (nSPS) is 27.3. The minimum Gasteiger partial charge on any atom is -0.323 e. The second kappa shape index (κ2) is 4.22. The molecule has 2 aromatic rings. The second-order valence-corrected chi connectivity index (χ2v) is 6.22. The van der Waals surface area contributed by atoms with Crippen molar-refractivity contribution in [2.24, 2.45) is 0 Å². The average molecular weight is 276 g/mol. The van der Waals surface area contributed by atoms with Gasteiger partial charge in [-0.15, -0.1) is 0 Å². The Morgan fingerprint density at radius 1 is 1.32 bits per heavy atom. The average Bonchev–Trinajstić information content (AvgIpc) is 3.02. The van der Waals surface area contributed by atoms with E-state index in [9.17, 15) is 0 Å². The molecule has 2 unspecified atom stereocenters. The zero-order chi connectivity index (χ0) is 13.0. The molecule has 19 heavy (non-hydrogen) atoms. The van der Waals surface area contributed by atoms with E-state index in [1.165, 1.54) is 25.1 Å². The molecule has 4 heteroatoms. The fourth-order valence-corrected chi connectivity index (χ4v) is 3.56. The van der Waals surface area contributed by atoms with Gasteiger partial charge in [-0.1, -0.05) is 17.7 Å². The zero-order valence-electron chi connectivity index (χ0n) is 11.1. The van der Waals surface area contributed by atoms with Crippen molar-refractivity contribution < 1.29 is 0 Å². The van der Waals surface area contributed by atoms with Gasteiger partial charge in [0.05, 0.1) is 16.1 Å². The maximum atomic E-state index is 6.41. The summed E-state index contributed by atoms with van der Waals surface area (Å²) in [6, 6.07) is 7.18. The third-order valence-corrected chi connectivity index (χ3v) is 4.76. The molecule has 2 atom stereocenters. The van der Waals surface area contributed by atoms with Crippen LogP contribution in [0, 0.1) is 0 Å². The molecular formula is C15H18ClN3. The van der Waals surface area contributed by atoms with E-state index in [1.54, 1.807) is 0 Å². The summed E-state index contributed by atoms with van der Waals surface area (Å²) >= 11 is 6.41. The lowest BCUT2D eigenvalue weighted by atomic mass is 10.0. The van der Waals surface area contributed by atoms with Crippen LogP contribution in [-0.4, -0.2) is 22.1 Å². The number of rotatable bonds is 2. The van der Waals surface area contributed by atoms with Gasteiger partial charge < -0.3 is 9.88 Å². The maximum Gasteiger partial charge on any atom is 0.114 e. The molecule has 0 radical (unpaired) electrons. The Hall–Kier alpha value is -1.06. The number of nitrogens with zero attached hydrogens (tertiary/aromatic N) is 2. The van der Waals surface area contributed by atoms with E-state index in [-0.39, 0.29) is 0 Å². The van der Waals surface area contributed by atoms with Gasteiger partial charge in [0.15, 0.2) is 0 Å². The van der Waals surface area contributed by atoms with Crippen LogP contribution in [0.2, 0.25) is 5.02 Å². The standard InChI is InChI=1S/C15H18ClN3/c1-9-11(7-8-17-9)15-18-13-4-2-3-12(16)14(13)19(15)10-5-6-10/h2-4,9-11,17H,5-8H2,1H3. The van der Waals surface area contributed by atoms with E-state index in [1.807, 2.05) is 12.1 Å². The third-order valence-electron chi connectivity index (χ3n) is 4.46. The van der Waals surface area contributed by atoms with Crippen LogP contribution in [0.3, 0.4) is 0 Å². The van der Waals surface area contributed by atoms with Crippen LogP contribution >= 0.6 is 11.6 Å². The molecule has 1 aromatic heterocycles. The molecule has 1 aromatic carbocycles. The van der Waals surface area contributed by atoms with Crippen LogP contribution in [0.4, 0.5) is 0 Å². The number of halogens is 1. The number of imidazole rings is 1. The van der Waals surface area contributed by atoms with Crippen LogP contribution < -0.4 is 5.32 Å². The van der Waals surface area contributed by atoms with Gasteiger partial charge >= 0.3 is 0 Å². The number of hydrogen-bond acceptors (Lipinski definition) is 2. The van der Waals surface area contributed by atoms with Crippen LogP contribution in [-0.2, 0) is 0 Å². The Balaban J connectivity index is 1.94. The highest BCUT2D eigenvalue weighted by molar-refractivity contribution is 6.35. The van der Waals surface area contributed by atoms with Crippen molar-refractivity contribution >= 4 is 22.6 Å². The van der Waals surface area contributed by atoms with Crippen molar-refractivity contribution in [3.05, 3.63) is 29.0 Å². The SMILES string of the molecule is CC1NCCC1c1nc2cccc(Cl)c2n1C1CC1. The van der Waals surface area contributed by atoms with Gasteiger partial charge in [-0.3, -0.25) is 0 Å². The number of fused-ring (bicyclic) bond motifs is 1. The van der Waals surface area contributed by atoms with E-state index in [2.05, 4.69) is 22.9 Å². The Morgan fingerprint density at radius 2 is 2.16 bits per heavy atom. The minimum absolute atomic E-state index is 0.507. The Morgan fingerprint density at radius 3 is 2.84 bits per heavy atom. The smallest absolute Gasteiger partial charge is 0.114 e. The highest BCUT2D eigenvalue weighted by atomic mass is 35.5. The molecule has 2 aliphatic rings. The summed E-state index contributed by atoms with van der Waals surface area (Å²) in [5.74, 6) is 1.76. The van der Waals surface area contributed by atoms with Gasteiger partial charge in [-0.05, 0) is 44.9 Å². The molecule has 1 aliphatic carbocycles. The van der Waals surface area contributed by atoms with Crippen LogP contribution in [0.15, 0.2) is 18.2 Å². The van der Waals surface area contributed by atoms with Crippen molar-refractivity contribution in [3.63, 3.8) is 0 Å². The lowest BCUT2D eigenvalue weighted by molar-refractivity contribution is 0.538. The van der Waals surface area contributed by atoms with Gasteiger partial charge in [-0.2, -0.15) is 0 Å². The number of aromatic nitrogens is 2. The molecule has 0 spiro atoms. The molecule has 2 heterocycles. The second-order valence-electron chi connectivity index (χ2n) is 5.82. The largest absolute Gasteiger partial charge is 0.323 e. The Labute approximate surface area is 118 Å². The Kier molecular flexibility index (Phi) is 2.61. The summed E-state index contributed by atoms with van der Waals surface area (Å²) in [6.45, 7) is 3.35. The number of para-hydroxylation sites is 1. The summed E-state index contributed by atoms with van der Waals surface area (Å²) in [6.07, 6.45) is 3.70. The van der Waals surface area contributed by atoms with Crippen molar-refractivity contribution in [3.8, 4) is 0 Å². The first kappa shape index (κ1) is 11.7. The molecule has 0 bridgehead atoms. The topological polar surface area (TPSA) is 29.9 Å². The van der Waals surface area contributed by atoms with Gasteiger partial charge in [0.2, 0.25) is 0 Å². The first-order chi connectivity index (χ1) is 9.25. The number of nitrogens with one attached hydrogen (secondary N) is 1. The monoisotopic (exact) mass is 275 g/mol. The van der Waals surface area contributed by atoms with E-state index in [0.29, 0.717) is 18.0 Å². The van der Waals surface area contributed by atoms with Crippen LogP contribution in [0.1, 0.15) is 44.0 Å². The van der Waals surface area contributed by atoms with Gasteiger partial charge in [0, 0.05) is 18.0 Å². The van der Waals surface area contributed by atoms with Gasteiger partial charge in [0.25, 0.3) is 0 Å². The molecule has 4 rings (SSSR count). The van der Waals surface area contributed by atoms with Crippen LogP contribution in [0.5, 0.6) is 0 Å². The fourth-order valence-electron chi connectivity index (χ4n) is 3.30. The van der Waals surface area contributed by atoms with Crippen molar-refractivity contribution in [2.45, 2.75) is 44.2 Å². The van der Waals surface area contributed by atoms with Gasteiger partial charge in [0.1, 0.15) is 5.82 Å². The van der Waals surface area contributed by atoms with Gasteiger partial charge in [-0.25, -0.2) is 4.98 Å². The van der Waals surface area contributed by atoms with Crippen molar-refractivity contribution in [2.75, 3.05) is 6.54 Å². The summed E-state index contributed by atoms with van der Waals surface area (Å²) in [5, 5.41) is 4.36. The summed E-state index contributed by atoms with van der Waals surface area (Å²) < 4.78 is 2.42. The quantitative estimate of drug-likeness (QED) is 0.909. The first-order valence-electron chi connectivity index (χ1n) is 7.15. The van der Waals surface area contributed by atoms with E-state index >= 15 is 0 Å². The van der Waals surface area contributed by atoms with Crippen molar-refractivity contribution in [1.29, 1.82) is 0 Å². The lowest BCUT2D eigenvalue weighted by Gasteiger charge is -2.17. The molecule has 1 saturated heterocycles.